The minimum absolute atomic E-state index is 0.109. The van der Waals surface area contributed by atoms with E-state index in [1.54, 1.807) is 0 Å². The Labute approximate surface area is 157 Å². The Morgan fingerprint density at radius 3 is 1.27 bits per heavy atom. The van der Waals surface area contributed by atoms with Crippen LogP contribution in [0.5, 0.6) is 0 Å². The highest BCUT2D eigenvalue weighted by Gasteiger charge is 2.39. The van der Waals surface area contributed by atoms with Crippen molar-refractivity contribution in [2.75, 3.05) is 13.2 Å². The van der Waals surface area contributed by atoms with Crippen LogP contribution in [-0.4, -0.2) is 47.6 Å². The number of carbonyl (C=O) groups is 2. The van der Waals surface area contributed by atoms with Gasteiger partial charge >= 0.3 is 11.9 Å². The van der Waals surface area contributed by atoms with Gasteiger partial charge in [0.05, 0.1) is 36.3 Å². The summed E-state index contributed by atoms with van der Waals surface area (Å²) in [7, 11) is 0. The molecule has 2 fully saturated rings. The van der Waals surface area contributed by atoms with Gasteiger partial charge in [0.2, 0.25) is 0 Å². The van der Waals surface area contributed by atoms with Crippen molar-refractivity contribution in [2.45, 2.75) is 91.3 Å². The summed E-state index contributed by atoms with van der Waals surface area (Å²) < 4.78 is 10.00. The molecular formula is C20H36O6. The van der Waals surface area contributed by atoms with Crippen LogP contribution in [0.3, 0.4) is 0 Å². The van der Waals surface area contributed by atoms with Crippen LogP contribution in [0.25, 0.3) is 0 Å². The minimum Gasteiger partial charge on any atom is -0.466 e. The third-order valence-corrected chi connectivity index (χ3v) is 5.65. The summed E-state index contributed by atoms with van der Waals surface area (Å²) in [4.78, 5) is 23.0. The Bertz CT molecular complexity index is 403. The molecule has 0 unspecified atom stereocenters. The highest BCUT2D eigenvalue weighted by molar-refractivity contribution is 5.76. The molecule has 0 spiro atoms. The molecule has 0 heterocycles. The smallest absolute Gasteiger partial charge is 0.311 e. The van der Waals surface area contributed by atoms with E-state index < -0.39 is 0 Å². The molecule has 0 bridgehead atoms. The van der Waals surface area contributed by atoms with Gasteiger partial charge in [0.1, 0.15) is 0 Å². The third-order valence-electron chi connectivity index (χ3n) is 5.65. The Balaban J connectivity index is 0.000000260. The minimum atomic E-state index is -0.352. The van der Waals surface area contributed by atoms with Crippen LogP contribution in [0.15, 0.2) is 0 Å². The second-order valence-electron chi connectivity index (χ2n) is 8.02. The standard InChI is InChI=1S/2C10H18O3/c2*1-3-13-9(12)10(2)6-4-8(11)5-7-10/h2*8,11H,3-7H2,1-2H3. The monoisotopic (exact) mass is 372 g/mol. The molecule has 6 heteroatoms. The Kier molecular flexibility index (Phi) is 9.04. The number of hydrogen-bond acceptors (Lipinski definition) is 6. The number of aliphatic hydroxyl groups excluding tert-OH is 2. The molecule has 0 aromatic heterocycles. The number of ether oxygens (including phenoxy) is 2. The first-order chi connectivity index (χ1) is 12.2. The lowest BCUT2D eigenvalue weighted by Crippen LogP contribution is -2.35. The summed E-state index contributed by atoms with van der Waals surface area (Å²) in [6.45, 7) is 8.37. The molecule has 0 amide bonds. The maximum atomic E-state index is 11.5. The molecule has 6 nitrogen and oxygen atoms in total. The van der Waals surface area contributed by atoms with Crippen LogP contribution in [0.4, 0.5) is 0 Å². The molecule has 2 rings (SSSR count). The van der Waals surface area contributed by atoms with Crippen LogP contribution >= 0.6 is 0 Å². The molecule has 0 aliphatic heterocycles. The van der Waals surface area contributed by atoms with Gasteiger partial charge in [0.25, 0.3) is 0 Å². The lowest BCUT2D eigenvalue weighted by molar-refractivity contribution is -0.158. The first-order valence-electron chi connectivity index (χ1n) is 9.87. The zero-order chi connectivity index (χ0) is 19.8. The Morgan fingerprint density at radius 2 is 1.04 bits per heavy atom. The summed E-state index contributed by atoms with van der Waals surface area (Å²) in [5, 5.41) is 18.6. The maximum Gasteiger partial charge on any atom is 0.311 e. The van der Waals surface area contributed by atoms with E-state index in [-0.39, 0.29) is 35.0 Å². The number of esters is 2. The van der Waals surface area contributed by atoms with Crippen molar-refractivity contribution in [3.8, 4) is 0 Å². The van der Waals surface area contributed by atoms with Crippen molar-refractivity contribution in [2.24, 2.45) is 10.8 Å². The van der Waals surface area contributed by atoms with E-state index in [0.29, 0.717) is 13.2 Å². The van der Waals surface area contributed by atoms with Crippen LogP contribution in [0.2, 0.25) is 0 Å². The van der Waals surface area contributed by atoms with Gasteiger partial charge in [0.15, 0.2) is 0 Å². The molecule has 152 valence electrons. The van der Waals surface area contributed by atoms with E-state index in [0.717, 1.165) is 51.4 Å². The second-order valence-corrected chi connectivity index (χ2v) is 8.02. The van der Waals surface area contributed by atoms with Crippen molar-refractivity contribution < 1.29 is 29.3 Å². The van der Waals surface area contributed by atoms with Gasteiger partial charge in [-0.15, -0.1) is 0 Å². The molecule has 2 aliphatic rings. The summed E-state index contributed by atoms with van der Waals surface area (Å²) in [5.41, 5.74) is -0.704. The topological polar surface area (TPSA) is 93.1 Å². The second kappa shape index (κ2) is 10.3. The molecular weight excluding hydrogens is 336 g/mol. The zero-order valence-corrected chi connectivity index (χ0v) is 16.8. The molecule has 0 aromatic carbocycles. The number of carbonyl (C=O) groups excluding carboxylic acids is 2. The predicted octanol–water partition coefficient (Wildman–Crippen LogP) is 2.98. The number of hydrogen-bond donors (Lipinski definition) is 2. The predicted molar refractivity (Wildman–Crippen MR) is 98.4 cm³/mol. The Morgan fingerprint density at radius 1 is 0.769 bits per heavy atom. The van der Waals surface area contributed by atoms with Gasteiger partial charge in [-0.05, 0) is 79.1 Å². The lowest BCUT2D eigenvalue weighted by Gasteiger charge is -2.33. The van der Waals surface area contributed by atoms with E-state index >= 15 is 0 Å². The van der Waals surface area contributed by atoms with E-state index in [2.05, 4.69) is 0 Å². The van der Waals surface area contributed by atoms with Crippen molar-refractivity contribution in [3.05, 3.63) is 0 Å². The molecule has 0 aromatic rings. The average Bonchev–Trinajstić information content (AvgIpc) is 2.61. The van der Waals surface area contributed by atoms with Crippen LogP contribution in [0.1, 0.15) is 79.1 Å². The molecule has 2 saturated carbocycles. The average molecular weight is 373 g/mol. The van der Waals surface area contributed by atoms with E-state index in [4.69, 9.17) is 9.47 Å². The Hall–Kier alpha value is -1.14. The molecule has 0 saturated heterocycles. The SMILES string of the molecule is CCOC(=O)C1(C)CCC(O)CC1.CCOC(=O)C1(C)CCC(O)CC1. The van der Waals surface area contributed by atoms with Crippen LogP contribution in [-0.2, 0) is 19.1 Å². The first kappa shape index (κ1) is 22.9. The van der Waals surface area contributed by atoms with Crippen molar-refractivity contribution in [3.63, 3.8) is 0 Å². The summed E-state index contributed by atoms with van der Waals surface area (Å²) in [5.74, 6) is -0.219. The third kappa shape index (κ3) is 6.54. The quantitative estimate of drug-likeness (QED) is 0.737. The van der Waals surface area contributed by atoms with Gasteiger partial charge in [-0.25, -0.2) is 0 Å². The summed E-state index contributed by atoms with van der Waals surface area (Å²) in [6, 6.07) is 0. The summed E-state index contributed by atoms with van der Waals surface area (Å²) >= 11 is 0. The zero-order valence-electron chi connectivity index (χ0n) is 16.8. The van der Waals surface area contributed by atoms with Crippen LogP contribution in [0, 0.1) is 10.8 Å². The van der Waals surface area contributed by atoms with Crippen molar-refractivity contribution in [1.29, 1.82) is 0 Å². The fourth-order valence-electron chi connectivity index (χ4n) is 3.50. The molecule has 2 aliphatic carbocycles. The molecule has 2 N–H and O–H groups in total. The fourth-order valence-corrected chi connectivity index (χ4v) is 3.50. The first-order valence-corrected chi connectivity index (χ1v) is 9.87. The van der Waals surface area contributed by atoms with Gasteiger partial charge in [-0.2, -0.15) is 0 Å². The number of aliphatic hydroxyl groups is 2. The summed E-state index contributed by atoms with van der Waals surface area (Å²) in [6.07, 6.45) is 5.40. The van der Waals surface area contributed by atoms with E-state index in [9.17, 15) is 19.8 Å². The van der Waals surface area contributed by atoms with Gasteiger partial charge in [-0.1, -0.05) is 0 Å². The van der Waals surface area contributed by atoms with E-state index in [1.165, 1.54) is 0 Å². The largest absolute Gasteiger partial charge is 0.466 e. The number of rotatable bonds is 4. The molecule has 26 heavy (non-hydrogen) atoms. The van der Waals surface area contributed by atoms with Gasteiger partial charge in [0, 0.05) is 0 Å². The molecule has 0 atom stereocenters. The lowest BCUT2D eigenvalue weighted by atomic mass is 9.75. The van der Waals surface area contributed by atoms with Gasteiger partial charge < -0.3 is 19.7 Å². The maximum absolute atomic E-state index is 11.5. The normalized spacial score (nSPS) is 34.2. The van der Waals surface area contributed by atoms with Crippen molar-refractivity contribution >= 4 is 11.9 Å². The van der Waals surface area contributed by atoms with Crippen molar-refractivity contribution in [1.82, 2.24) is 0 Å². The fraction of sp³-hybridized carbons (Fsp3) is 0.900. The highest BCUT2D eigenvalue weighted by atomic mass is 16.5. The molecule has 0 radical (unpaired) electrons. The van der Waals surface area contributed by atoms with Crippen LogP contribution < -0.4 is 0 Å². The van der Waals surface area contributed by atoms with Gasteiger partial charge in [-0.3, -0.25) is 9.59 Å². The van der Waals surface area contributed by atoms with E-state index in [1.807, 2.05) is 27.7 Å². The highest BCUT2D eigenvalue weighted by Crippen LogP contribution is 2.37.